The third-order valence-electron chi connectivity index (χ3n) is 6.44. The maximum absolute atomic E-state index is 13.0. The Morgan fingerprint density at radius 2 is 1.55 bits per heavy atom. The Morgan fingerprint density at radius 1 is 0.875 bits per heavy atom. The number of nitrogens with one attached hydrogen (secondary N) is 2. The molecular weight excluding hydrogens is 526 g/mol. The van der Waals surface area contributed by atoms with Crippen molar-refractivity contribution in [3.05, 3.63) is 95.6 Å². The van der Waals surface area contributed by atoms with E-state index in [1.807, 2.05) is 49.4 Å². The Labute approximate surface area is 240 Å². The van der Waals surface area contributed by atoms with Crippen LogP contribution >= 0.6 is 12.6 Å². The Hall–Kier alpha value is -3.95. The molecule has 9 heteroatoms. The number of amides is 3. The van der Waals surface area contributed by atoms with Gasteiger partial charge in [0, 0.05) is 18.7 Å². The lowest BCUT2D eigenvalue weighted by Gasteiger charge is -2.23. The van der Waals surface area contributed by atoms with Crippen LogP contribution in [0.3, 0.4) is 0 Å². The predicted octanol–water partition coefficient (Wildman–Crippen LogP) is 4.51. The number of hydrogen-bond acceptors (Lipinski definition) is 6. The molecule has 3 amide bonds. The number of nitrogens with zero attached hydrogens (tertiary/aromatic N) is 1. The summed E-state index contributed by atoms with van der Waals surface area (Å²) in [5.74, 6) is -2.33. The SMILES string of the molecule is CCCCC(=O)N(NCc1ccc(-c2ccccc2C(=O)O)cc1)C(=O)CNC(=O)C(CS)Cc1ccccc1. The summed E-state index contributed by atoms with van der Waals surface area (Å²) in [4.78, 5) is 50.2. The molecule has 8 nitrogen and oxygen atoms in total. The highest BCUT2D eigenvalue weighted by Crippen LogP contribution is 2.24. The molecule has 0 aliphatic rings. The number of carbonyl (C=O) groups excluding carboxylic acids is 3. The van der Waals surface area contributed by atoms with Crippen LogP contribution in [0.15, 0.2) is 78.9 Å². The van der Waals surface area contributed by atoms with Crippen LogP contribution in [0, 0.1) is 5.92 Å². The van der Waals surface area contributed by atoms with Crippen LogP contribution in [0.4, 0.5) is 0 Å². The number of benzene rings is 3. The number of imide groups is 1. The fourth-order valence-electron chi connectivity index (χ4n) is 4.17. The highest BCUT2D eigenvalue weighted by atomic mass is 32.1. The summed E-state index contributed by atoms with van der Waals surface area (Å²) in [5.41, 5.74) is 6.25. The molecule has 1 unspecified atom stereocenters. The van der Waals surface area contributed by atoms with Crippen LogP contribution in [-0.2, 0) is 27.3 Å². The van der Waals surface area contributed by atoms with Gasteiger partial charge in [0.05, 0.1) is 18.0 Å². The summed E-state index contributed by atoms with van der Waals surface area (Å²) in [7, 11) is 0. The second kappa shape index (κ2) is 15.6. The Bertz CT molecular complexity index is 1300. The van der Waals surface area contributed by atoms with Crippen molar-refractivity contribution in [2.45, 2.75) is 39.2 Å². The zero-order valence-corrected chi connectivity index (χ0v) is 23.4. The molecule has 0 saturated carbocycles. The van der Waals surface area contributed by atoms with Gasteiger partial charge in [-0.25, -0.2) is 15.2 Å². The van der Waals surface area contributed by atoms with Crippen molar-refractivity contribution in [1.82, 2.24) is 15.8 Å². The monoisotopic (exact) mass is 561 g/mol. The van der Waals surface area contributed by atoms with Gasteiger partial charge < -0.3 is 10.4 Å². The second-order valence-electron chi connectivity index (χ2n) is 9.40. The number of thiol groups is 1. The molecular formula is C31H35N3O5S. The van der Waals surface area contributed by atoms with Gasteiger partial charge in [-0.1, -0.05) is 86.1 Å². The third-order valence-corrected chi connectivity index (χ3v) is 6.88. The molecule has 3 rings (SSSR count). The number of carbonyl (C=O) groups is 4. The quantitative estimate of drug-likeness (QED) is 0.170. The summed E-state index contributed by atoms with van der Waals surface area (Å²) in [6.07, 6.45) is 2.12. The minimum atomic E-state index is -1.01. The normalized spacial score (nSPS) is 11.4. The van der Waals surface area contributed by atoms with E-state index in [0.29, 0.717) is 24.2 Å². The van der Waals surface area contributed by atoms with E-state index < -0.39 is 17.8 Å². The lowest BCUT2D eigenvalue weighted by molar-refractivity contribution is -0.149. The number of carboxylic acids is 1. The minimum absolute atomic E-state index is 0.186. The first-order valence-corrected chi connectivity index (χ1v) is 13.9. The molecule has 0 aliphatic carbocycles. The highest BCUT2D eigenvalue weighted by Gasteiger charge is 2.24. The molecule has 0 saturated heterocycles. The Kier molecular flexibility index (Phi) is 11.9. The predicted molar refractivity (Wildman–Crippen MR) is 158 cm³/mol. The topological polar surface area (TPSA) is 116 Å². The summed E-state index contributed by atoms with van der Waals surface area (Å²) < 4.78 is 0. The van der Waals surface area contributed by atoms with E-state index in [4.69, 9.17) is 0 Å². The van der Waals surface area contributed by atoms with Gasteiger partial charge in [-0.3, -0.25) is 14.4 Å². The van der Waals surface area contributed by atoms with Crippen LogP contribution in [0.1, 0.15) is 47.7 Å². The number of hydrazine groups is 1. The molecule has 0 aliphatic heterocycles. The molecule has 0 heterocycles. The number of carboxylic acid groups (broad SMARTS) is 1. The smallest absolute Gasteiger partial charge is 0.336 e. The Balaban J connectivity index is 1.64. The van der Waals surface area contributed by atoms with Crippen LogP contribution in [0.5, 0.6) is 0 Å². The summed E-state index contributed by atoms with van der Waals surface area (Å²) in [6.45, 7) is 1.82. The summed E-state index contributed by atoms with van der Waals surface area (Å²) in [6, 6.07) is 23.6. The van der Waals surface area contributed by atoms with Crippen molar-refractivity contribution < 1.29 is 24.3 Å². The van der Waals surface area contributed by atoms with E-state index in [9.17, 15) is 24.3 Å². The van der Waals surface area contributed by atoms with Gasteiger partial charge in [-0.15, -0.1) is 0 Å². The lowest BCUT2D eigenvalue weighted by Crippen LogP contribution is -2.51. The zero-order valence-electron chi connectivity index (χ0n) is 22.5. The summed E-state index contributed by atoms with van der Waals surface area (Å²) in [5, 5.41) is 13.1. The first kappa shape index (κ1) is 30.6. The zero-order chi connectivity index (χ0) is 28.9. The summed E-state index contributed by atoms with van der Waals surface area (Å²) >= 11 is 4.31. The van der Waals surface area contributed by atoms with E-state index in [2.05, 4.69) is 23.4 Å². The second-order valence-corrected chi connectivity index (χ2v) is 9.76. The van der Waals surface area contributed by atoms with Crippen LogP contribution in [0.25, 0.3) is 11.1 Å². The van der Waals surface area contributed by atoms with Gasteiger partial charge in [0.15, 0.2) is 0 Å². The molecule has 3 aromatic carbocycles. The van der Waals surface area contributed by atoms with E-state index >= 15 is 0 Å². The maximum atomic E-state index is 13.0. The molecule has 0 spiro atoms. The van der Waals surface area contributed by atoms with Gasteiger partial charge in [0.1, 0.15) is 0 Å². The highest BCUT2D eigenvalue weighted by molar-refractivity contribution is 7.80. The van der Waals surface area contributed by atoms with Gasteiger partial charge in [-0.2, -0.15) is 12.6 Å². The first-order chi connectivity index (χ1) is 19.3. The molecule has 0 bridgehead atoms. The molecule has 3 N–H and O–H groups in total. The van der Waals surface area contributed by atoms with Crippen molar-refractivity contribution in [2.75, 3.05) is 12.3 Å². The van der Waals surface area contributed by atoms with Gasteiger partial charge in [0.2, 0.25) is 11.8 Å². The largest absolute Gasteiger partial charge is 0.478 e. The lowest BCUT2D eigenvalue weighted by atomic mass is 9.99. The van der Waals surface area contributed by atoms with Crippen molar-refractivity contribution in [2.24, 2.45) is 5.92 Å². The third kappa shape index (κ3) is 8.79. The standard InChI is InChI=1S/C31H35N3O5S/c1-2-3-13-28(35)34(29(36)20-32-30(37)25(21-40)18-22-9-5-4-6-10-22)33-19-23-14-16-24(17-15-23)26-11-7-8-12-27(26)31(38)39/h4-12,14-17,25,33,40H,2-3,13,18-21H2,1H3,(H,32,37)(H,38,39). The molecule has 3 aromatic rings. The number of hydrogen-bond donors (Lipinski definition) is 4. The number of aromatic carboxylic acids is 1. The van der Waals surface area contributed by atoms with Crippen LogP contribution in [0.2, 0.25) is 0 Å². The minimum Gasteiger partial charge on any atom is -0.478 e. The van der Waals surface area contributed by atoms with Gasteiger partial charge in [0.25, 0.3) is 5.91 Å². The number of rotatable bonds is 14. The van der Waals surface area contributed by atoms with Crippen molar-refractivity contribution in [1.29, 1.82) is 0 Å². The van der Waals surface area contributed by atoms with Crippen molar-refractivity contribution in [3.63, 3.8) is 0 Å². The molecule has 0 radical (unpaired) electrons. The van der Waals surface area contributed by atoms with E-state index in [1.165, 1.54) is 0 Å². The van der Waals surface area contributed by atoms with Gasteiger partial charge in [-0.05, 0) is 41.2 Å². The fourth-order valence-corrected chi connectivity index (χ4v) is 4.47. The fraction of sp³-hybridized carbons (Fsp3) is 0.290. The average Bonchev–Trinajstić information content (AvgIpc) is 2.98. The van der Waals surface area contributed by atoms with E-state index in [0.717, 1.165) is 28.1 Å². The molecule has 1 atom stereocenters. The maximum Gasteiger partial charge on any atom is 0.336 e. The average molecular weight is 562 g/mol. The van der Waals surface area contributed by atoms with Crippen LogP contribution in [-0.4, -0.2) is 46.1 Å². The molecule has 0 aromatic heterocycles. The Morgan fingerprint density at radius 3 is 2.20 bits per heavy atom. The number of unbranched alkanes of at least 4 members (excludes halogenated alkanes) is 1. The van der Waals surface area contributed by atoms with Crippen molar-refractivity contribution in [3.8, 4) is 11.1 Å². The molecule has 210 valence electrons. The molecule has 0 fully saturated rings. The molecule has 40 heavy (non-hydrogen) atoms. The van der Waals surface area contributed by atoms with Gasteiger partial charge >= 0.3 is 5.97 Å². The van der Waals surface area contributed by atoms with E-state index in [1.54, 1.807) is 36.4 Å². The van der Waals surface area contributed by atoms with E-state index in [-0.39, 0.29) is 36.9 Å². The first-order valence-electron chi connectivity index (χ1n) is 13.3. The van der Waals surface area contributed by atoms with Crippen molar-refractivity contribution >= 4 is 36.3 Å². The van der Waals surface area contributed by atoms with Crippen LogP contribution < -0.4 is 10.7 Å².